The third-order valence-electron chi connectivity index (χ3n) is 1.75. The van der Waals surface area contributed by atoms with Gasteiger partial charge in [0.25, 0.3) is 11.2 Å². The quantitative estimate of drug-likeness (QED) is 0.412. The highest BCUT2D eigenvalue weighted by Gasteiger charge is 2.06. The van der Waals surface area contributed by atoms with Crippen molar-refractivity contribution in [2.24, 2.45) is 0 Å². The lowest BCUT2D eigenvalue weighted by atomic mass is 10.3. The molecule has 0 N–H and O–H groups in total. The molecule has 1 heterocycles. The van der Waals surface area contributed by atoms with Crippen LogP contribution in [-0.2, 0) is 6.54 Å². The normalized spacial score (nSPS) is 9.71. The van der Waals surface area contributed by atoms with Crippen LogP contribution in [0.3, 0.4) is 0 Å². The number of pyridine rings is 1. The molecular weight excluding hydrogens is 184 g/mol. The van der Waals surface area contributed by atoms with Gasteiger partial charge in [0, 0.05) is 18.7 Å². The SMILES string of the molecule is C=CCCn1cc([N+](=O)[O-])ccc1=O. The molecule has 74 valence electrons. The molecule has 0 fully saturated rings. The fraction of sp³-hybridized carbons (Fsp3) is 0.222. The Morgan fingerprint density at radius 2 is 2.29 bits per heavy atom. The molecule has 0 bridgehead atoms. The lowest BCUT2D eigenvalue weighted by Crippen LogP contribution is -2.18. The van der Waals surface area contributed by atoms with E-state index in [1.54, 1.807) is 6.08 Å². The number of aryl methyl sites for hydroxylation is 1. The molecule has 1 aromatic heterocycles. The number of hydrogen-bond acceptors (Lipinski definition) is 3. The Morgan fingerprint density at radius 3 is 2.86 bits per heavy atom. The topological polar surface area (TPSA) is 65.1 Å². The zero-order valence-electron chi connectivity index (χ0n) is 7.55. The van der Waals surface area contributed by atoms with E-state index in [1.807, 2.05) is 0 Å². The molecule has 0 aliphatic carbocycles. The van der Waals surface area contributed by atoms with Gasteiger partial charge in [-0.05, 0) is 6.42 Å². The summed E-state index contributed by atoms with van der Waals surface area (Å²) in [5.74, 6) is 0. The van der Waals surface area contributed by atoms with Gasteiger partial charge in [0.15, 0.2) is 0 Å². The van der Waals surface area contributed by atoms with E-state index in [4.69, 9.17) is 0 Å². The van der Waals surface area contributed by atoms with E-state index in [2.05, 4.69) is 6.58 Å². The van der Waals surface area contributed by atoms with Crippen molar-refractivity contribution in [3.8, 4) is 0 Å². The predicted octanol–water partition coefficient (Wildman–Crippen LogP) is 1.33. The van der Waals surface area contributed by atoms with Gasteiger partial charge in [0.1, 0.15) is 0 Å². The Hall–Kier alpha value is -1.91. The van der Waals surface area contributed by atoms with Gasteiger partial charge in [-0.2, -0.15) is 0 Å². The molecule has 0 spiro atoms. The minimum atomic E-state index is -0.524. The van der Waals surface area contributed by atoms with Crippen LogP contribution in [0.2, 0.25) is 0 Å². The highest BCUT2D eigenvalue weighted by atomic mass is 16.6. The fourth-order valence-electron chi connectivity index (χ4n) is 1.03. The van der Waals surface area contributed by atoms with Crippen molar-refractivity contribution >= 4 is 5.69 Å². The molecule has 5 nitrogen and oxygen atoms in total. The first-order chi connectivity index (χ1) is 6.65. The number of hydrogen-bond donors (Lipinski definition) is 0. The lowest BCUT2D eigenvalue weighted by molar-refractivity contribution is -0.385. The average Bonchev–Trinajstić information content (AvgIpc) is 2.16. The maximum Gasteiger partial charge on any atom is 0.285 e. The largest absolute Gasteiger partial charge is 0.309 e. The van der Waals surface area contributed by atoms with E-state index in [0.717, 1.165) is 0 Å². The van der Waals surface area contributed by atoms with E-state index in [1.165, 1.54) is 22.9 Å². The minimum absolute atomic E-state index is 0.0753. The van der Waals surface area contributed by atoms with Crippen LogP contribution >= 0.6 is 0 Å². The zero-order valence-corrected chi connectivity index (χ0v) is 7.55. The van der Waals surface area contributed by atoms with Crippen molar-refractivity contribution in [2.45, 2.75) is 13.0 Å². The van der Waals surface area contributed by atoms with Gasteiger partial charge in [-0.15, -0.1) is 6.58 Å². The molecule has 0 aliphatic rings. The molecule has 0 aromatic carbocycles. The third-order valence-corrected chi connectivity index (χ3v) is 1.75. The van der Waals surface area contributed by atoms with E-state index in [0.29, 0.717) is 13.0 Å². The van der Waals surface area contributed by atoms with Crippen molar-refractivity contribution in [3.05, 3.63) is 51.5 Å². The standard InChI is InChI=1S/C9H10N2O3/c1-2-3-6-10-7-8(11(13)14)4-5-9(10)12/h2,4-5,7H,1,3,6H2. The highest BCUT2D eigenvalue weighted by molar-refractivity contribution is 5.24. The van der Waals surface area contributed by atoms with E-state index >= 15 is 0 Å². The second kappa shape index (κ2) is 4.36. The van der Waals surface area contributed by atoms with E-state index in [9.17, 15) is 14.9 Å². The molecule has 0 amide bonds. The Labute approximate surface area is 80.4 Å². The number of rotatable bonds is 4. The molecule has 1 rings (SSSR count). The maximum atomic E-state index is 11.2. The van der Waals surface area contributed by atoms with Crippen molar-refractivity contribution in [3.63, 3.8) is 0 Å². The number of aromatic nitrogens is 1. The van der Waals surface area contributed by atoms with Crippen LogP contribution in [0.15, 0.2) is 35.8 Å². The Kier molecular flexibility index (Phi) is 3.17. The van der Waals surface area contributed by atoms with Gasteiger partial charge in [-0.25, -0.2) is 0 Å². The summed E-state index contributed by atoms with van der Waals surface area (Å²) in [6.07, 6.45) is 3.51. The lowest BCUT2D eigenvalue weighted by Gasteiger charge is -2.01. The molecule has 14 heavy (non-hydrogen) atoms. The van der Waals surface area contributed by atoms with Crippen LogP contribution in [0.5, 0.6) is 0 Å². The van der Waals surface area contributed by atoms with Gasteiger partial charge in [0.2, 0.25) is 0 Å². The summed E-state index contributed by atoms with van der Waals surface area (Å²) >= 11 is 0. The second-order valence-corrected chi connectivity index (χ2v) is 2.75. The second-order valence-electron chi connectivity index (χ2n) is 2.75. The van der Waals surface area contributed by atoms with Gasteiger partial charge in [-0.1, -0.05) is 6.08 Å². The summed E-state index contributed by atoms with van der Waals surface area (Å²) in [6, 6.07) is 2.40. The first-order valence-corrected chi connectivity index (χ1v) is 4.11. The molecule has 0 saturated heterocycles. The average molecular weight is 194 g/mol. The molecule has 0 saturated carbocycles. The molecule has 0 atom stereocenters. The minimum Gasteiger partial charge on any atom is -0.309 e. The first kappa shape index (κ1) is 10.2. The van der Waals surface area contributed by atoms with Crippen molar-refractivity contribution in [1.82, 2.24) is 4.57 Å². The fourth-order valence-corrected chi connectivity index (χ4v) is 1.03. The molecule has 1 aromatic rings. The highest BCUT2D eigenvalue weighted by Crippen LogP contribution is 2.06. The summed E-state index contributed by atoms with van der Waals surface area (Å²) in [5.41, 5.74) is -0.314. The number of allylic oxidation sites excluding steroid dienone is 1. The van der Waals surface area contributed by atoms with Crippen LogP contribution in [0.4, 0.5) is 5.69 Å². The number of nitro groups is 1. The molecular formula is C9H10N2O3. The summed E-state index contributed by atoms with van der Waals surface area (Å²) < 4.78 is 1.31. The van der Waals surface area contributed by atoms with Crippen LogP contribution in [-0.4, -0.2) is 9.49 Å². The monoisotopic (exact) mass is 194 g/mol. The Balaban J connectivity index is 3.02. The number of nitrogens with zero attached hydrogens (tertiary/aromatic N) is 2. The summed E-state index contributed by atoms with van der Waals surface area (Å²) in [5, 5.41) is 10.4. The zero-order chi connectivity index (χ0) is 10.6. The summed E-state index contributed by atoms with van der Waals surface area (Å²) in [6.45, 7) is 3.93. The van der Waals surface area contributed by atoms with Crippen LogP contribution < -0.4 is 5.56 Å². The molecule has 5 heteroatoms. The molecule has 0 radical (unpaired) electrons. The van der Waals surface area contributed by atoms with Crippen molar-refractivity contribution in [2.75, 3.05) is 0 Å². The van der Waals surface area contributed by atoms with E-state index < -0.39 is 4.92 Å². The third kappa shape index (κ3) is 2.29. The Morgan fingerprint density at radius 1 is 1.57 bits per heavy atom. The van der Waals surface area contributed by atoms with Crippen molar-refractivity contribution in [1.29, 1.82) is 0 Å². The van der Waals surface area contributed by atoms with Crippen LogP contribution in [0, 0.1) is 10.1 Å². The first-order valence-electron chi connectivity index (χ1n) is 4.11. The van der Waals surface area contributed by atoms with E-state index in [-0.39, 0.29) is 11.2 Å². The van der Waals surface area contributed by atoms with Gasteiger partial charge < -0.3 is 4.57 Å². The maximum absolute atomic E-state index is 11.2. The van der Waals surface area contributed by atoms with Crippen LogP contribution in [0.1, 0.15) is 6.42 Å². The molecule has 0 unspecified atom stereocenters. The predicted molar refractivity (Wildman–Crippen MR) is 52.2 cm³/mol. The van der Waals surface area contributed by atoms with Crippen LogP contribution in [0.25, 0.3) is 0 Å². The van der Waals surface area contributed by atoms with Gasteiger partial charge in [-0.3, -0.25) is 14.9 Å². The van der Waals surface area contributed by atoms with Crippen molar-refractivity contribution < 1.29 is 4.92 Å². The van der Waals surface area contributed by atoms with Gasteiger partial charge >= 0.3 is 0 Å². The Bertz CT molecular complexity index is 409. The summed E-state index contributed by atoms with van der Waals surface area (Å²) in [7, 11) is 0. The molecule has 0 aliphatic heterocycles. The van der Waals surface area contributed by atoms with Gasteiger partial charge in [0.05, 0.1) is 11.1 Å². The smallest absolute Gasteiger partial charge is 0.285 e. The summed E-state index contributed by atoms with van der Waals surface area (Å²) in [4.78, 5) is 21.1.